The lowest BCUT2D eigenvalue weighted by Gasteiger charge is -2.20. The number of hydrogen-bond acceptors (Lipinski definition) is 13. The zero-order valence-electron chi connectivity index (χ0n) is 52.8. The summed E-state index contributed by atoms with van der Waals surface area (Å²) in [5, 5.41) is 5.46. The van der Waals surface area contributed by atoms with Crippen LogP contribution in [0, 0.1) is 0 Å². The zero-order valence-corrected chi connectivity index (χ0v) is 52.8. The summed E-state index contributed by atoms with van der Waals surface area (Å²) in [6.07, 6.45) is 19.2. The van der Waals surface area contributed by atoms with Crippen molar-refractivity contribution >= 4 is 67.8 Å². The lowest BCUT2D eigenvalue weighted by Crippen LogP contribution is -2.34. The Hall–Kier alpha value is -10.8. The molecule has 0 aliphatic carbocycles. The second-order valence-corrected chi connectivity index (χ2v) is 21.7. The Morgan fingerprint density at radius 2 is 0.859 bits per heavy atom. The molecule has 0 unspecified atom stereocenters. The topological polar surface area (TPSA) is 285 Å². The molecule has 0 saturated carbocycles. The molecule has 0 radical (unpaired) electrons. The van der Waals surface area contributed by atoms with Crippen LogP contribution < -0.4 is 5.32 Å². The van der Waals surface area contributed by atoms with Gasteiger partial charge in [0.2, 0.25) is 0 Å². The van der Waals surface area contributed by atoms with E-state index in [2.05, 4.69) is 73.7 Å². The maximum absolute atomic E-state index is 12.8. The lowest BCUT2D eigenvalue weighted by atomic mass is 10.1. The van der Waals surface area contributed by atoms with Gasteiger partial charge in [0.15, 0.2) is 0 Å². The smallest absolute Gasteiger partial charge is 0.383 e. The third-order valence-corrected chi connectivity index (χ3v) is 15.2. The van der Waals surface area contributed by atoms with Crippen molar-refractivity contribution in [1.29, 1.82) is 0 Å². The maximum Gasteiger partial charge on any atom is 0.405 e. The summed E-state index contributed by atoms with van der Waals surface area (Å²) in [6, 6.07) is 14.8. The van der Waals surface area contributed by atoms with Crippen LogP contribution in [0.25, 0.3) is 89.2 Å². The standard InChI is InChI=1S/C18H23N5O.C16H19N5O2.C16H19N5O.C14H12F3N5O.4H2/c1-4-6-9-23(5-2)18(24)15-10-13(11-22(15)3)16-14-7-8-19-17(14)21-12-20-16;1-20(6-7-23-3)16(22)13-8-11(9-21(13)2)14-12-4-5-17-15(12)19-10-18-14;1-4-7-20(2)16(22)13-8-11(9-21(13)3)14-12-5-6-17-15(12)19-10-18-14;1-22-5-8(4-10(22)13(23)19-6-14(15,16)17)11-9-2-3-18-12(9)21-7-20-11;;;;/h7-8,10-12H,4-6,9H2,1-3H3,(H,19,20,21);4-5,8-10H,6-7H2,1-3H3,(H,17,18,19);5-6,8-10H,4,7H2,1-3H3,(H,17,18,19);2-5,7H,6H2,1H3,(H,19,23)(H,18,20,21);4*1H. The SMILES string of the molecule is CCCCN(CC)C(=O)c1cc(-c2ncnc3[nH]ccc23)cn1C.CCCN(C)C(=O)c1cc(-c2ncnc3[nH]ccc23)cn1C.COCCN(C)C(=O)c1cc(-c2ncnc3[nH]ccc23)cn1C.Cn1cc(-c2ncnc3[nH]ccc23)cc1C(=O)NCC(F)(F)F.[HH].[HH].[HH].[HH]. The van der Waals surface area contributed by atoms with Crippen LogP contribution in [-0.4, -0.2) is 183 Å². The van der Waals surface area contributed by atoms with Crippen molar-refractivity contribution in [3.8, 4) is 45.0 Å². The van der Waals surface area contributed by atoms with E-state index in [-0.39, 0.29) is 29.1 Å². The Bertz CT molecular complexity index is 4530. The van der Waals surface area contributed by atoms with E-state index in [9.17, 15) is 32.3 Å². The molecule has 0 bridgehead atoms. The zero-order chi connectivity index (χ0) is 65.8. The highest BCUT2D eigenvalue weighted by Crippen LogP contribution is 2.31. The Labute approximate surface area is 533 Å². The molecule has 0 aliphatic rings. The minimum atomic E-state index is -4.45. The van der Waals surface area contributed by atoms with Crippen molar-refractivity contribution < 1.29 is 42.8 Å². The van der Waals surface area contributed by atoms with Gasteiger partial charge >= 0.3 is 6.18 Å². The highest BCUT2D eigenvalue weighted by atomic mass is 19.4. The van der Waals surface area contributed by atoms with E-state index in [1.54, 1.807) is 55.8 Å². The largest absolute Gasteiger partial charge is 0.405 e. The van der Waals surface area contributed by atoms with E-state index in [0.717, 1.165) is 111 Å². The van der Waals surface area contributed by atoms with Crippen molar-refractivity contribution in [2.24, 2.45) is 28.2 Å². The number of carbonyl (C=O) groups is 4. The number of unbranched alkanes of at least 4 members (excludes halogenated alkanes) is 1. The third kappa shape index (κ3) is 14.9. The van der Waals surface area contributed by atoms with Crippen molar-refractivity contribution in [2.45, 2.75) is 46.2 Å². The van der Waals surface area contributed by atoms with Crippen LogP contribution in [-0.2, 0) is 32.9 Å². The number of rotatable bonds is 18. The molecule has 5 N–H and O–H groups in total. The molecule has 0 spiro atoms. The summed E-state index contributed by atoms with van der Waals surface area (Å²) in [5.41, 5.74) is 11.5. The van der Waals surface area contributed by atoms with E-state index in [4.69, 9.17) is 4.74 Å². The second kappa shape index (κ2) is 29.2. The number of aromatic nitrogens is 16. The molecule has 488 valence electrons. The number of carbonyl (C=O) groups excluding carboxylic acids is 4. The summed E-state index contributed by atoms with van der Waals surface area (Å²) < 4.78 is 48.6. The number of aromatic amines is 4. The molecule has 12 aromatic heterocycles. The molecule has 0 aliphatic heterocycles. The molecule has 4 amide bonds. The van der Waals surface area contributed by atoms with E-state index >= 15 is 0 Å². The van der Waals surface area contributed by atoms with E-state index in [0.29, 0.717) is 47.1 Å². The van der Waals surface area contributed by atoms with Crippen molar-refractivity contribution in [2.75, 3.05) is 60.5 Å². The predicted octanol–water partition coefficient (Wildman–Crippen LogP) is 10.6. The maximum atomic E-state index is 12.8. The van der Waals surface area contributed by atoms with Crippen LogP contribution in [0.3, 0.4) is 0 Å². The van der Waals surface area contributed by atoms with Gasteiger partial charge in [-0.05, 0) is 68.3 Å². The van der Waals surface area contributed by atoms with E-state index in [1.807, 2.05) is 133 Å². The van der Waals surface area contributed by atoms with Gasteiger partial charge in [-0.15, -0.1) is 0 Å². The Morgan fingerprint density at radius 1 is 0.511 bits per heavy atom. The molecule has 12 heterocycles. The van der Waals surface area contributed by atoms with Gasteiger partial charge in [0.05, 0.1) is 29.4 Å². The van der Waals surface area contributed by atoms with E-state index in [1.165, 1.54) is 29.6 Å². The molecule has 0 atom stereocenters. The van der Waals surface area contributed by atoms with Crippen LogP contribution in [0.4, 0.5) is 13.2 Å². The molecule has 28 heteroatoms. The van der Waals surface area contributed by atoms with Gasteiger partial charge < -0.3 is 63.0 Å². The minimum absolute atomic E-state index is 0. The fourth-order valence-corrected chi connectivity index (χ4v) is 10.4. The fourth-order valence-electron chi connectivity index (χ4n) is 10.4. The number of nitrogens with zero attached hydrogens (tertiary/aromatic N) is 15. The third-order valence-electron chi connectivity index (χ3n) is 15.2. The van der Waals surface area contributed by atoms with Crippen LogP contribution in [0.5, 0.6) is 0 Å². The molecular weight excluding hydrogens is 1190 g/mol. The van der Waals surface area contributed by atoms with Crippen LogP contribution in [0.1, 0.15) is 87.7 Å². The summed E-state index contributed by atoms with van der Waals surface area (Å²) in [6.45, 7) is 8.15. The van der Waals surface area contributed by atoms with Gasteiger partial charge in [-0.2, -0.15) is 13.2 Å². The molecule has 0 fully saturated rings. The molecule has 12 rings (SSSR count). The first-order valence-corrected chi connectivity index (χ1v) is 29.7. The van der Waals surface area contributed by atoms with E-state index < -0.39 is 18.6 Å². The van der Waals surface area contributed by atoms with Gasteiger partial charge in [0.1, 0.15) is 77.2 Å². The number of fused-ring (bicyclic) bond motifs is 4. The Kier molecular flexibility index (Phi) is 20.9. The Morgan fingerprint density at radius 3 is 1.20 bits per heavy atom. The molecule has 92 heavy (non-hydrogen) atoms. The number of H-pyrrole nitrogens is 4. The summed E-state index contributed by atoms with van der Waals surface area (Å²) in [4.78, 5) is 101. The molecule has 12 aromatic rings. The minimum Gasteiger partial charge on any atom is -0.383 e. The quantitative estimate of drug-likeness (QED) is 0.0535. The number of aryl methyl sites for hydroxylation is 4. The van der Waals surface area contributed by atoms with Gasteiger partial charge in [-0.1, -0.05) is 20.3 Å². The van der Waals surface area contributed by atoms with Crippen LogP contribution in [0.2, 0.25) is 0 Å². The number of hydrogen-bond donors (Lipinski definition) is 5. The number of ether oxygens (including phenoxy) is 1. The molecular formula is C64H81F3N20O5. The molecule has 25 nitrogen and oxygen atoms in total. The van der Waals surface area contributed by atoms with Crippen LogP contribution in [0.15, 0.2) is 123 Å². The lowest BCUT2D eigenvalue weighted by molar-refractivity contribution is -0.123. The number of halogens is 3. The van der Waals surface area contributed by atoms with Crippen LogP contribution >= 0.6 is 0 Å². The average Bonchev–Trinajstić information content (AvgIpc) is 1.66. The predicted molar refractivity (Wildman–Crippen MR) is 353 cm³/mol. The summed E-state index contributed by atoms with van der Waals surface area (Å²) >= 11 is 0. The Balaban J connectivity index is 0.000000228. The summed E-state index contributed by atoms with van der Waals surface area (Å²) in [7, 11) is 12.4. The number of alkyl halides is 3. The van der Waals surface area contributed by atoms with Gasteiger partial charge in [0.25, 0.3) is 23.6 Å². The second-order valence-electron chi connectivity index (χ2n) is 21.7. The van der Waals surface area contributed by atoms with Crippen molar-refractivity contribution in [3.63, 3.8) is 0 Å². The van der Waals surface area contributed by atoms with Gasteiger partial charge in [-0.3, -0.25) is 19.2 Å². The van der Waals surface area contributed by atoms with Crippen molar-refractivity contribution in [1.82, 2.24) is 98.1 Å². The number of nitrogens with one attached hydrogen (secondary N) is 5. The normalized spacial score (nSPS) is 11.3. The van der Waals surface area contributed by atoms with Gasteiger partial charge in [0, 0.05) is 175 Å². The molecule has 0 aromatic carbocycles. The number of likely N-dealkylation sites (N-methyl/N-ethyl adjacent to an activating group) is 1. The highest BCUT2D eigenvalue weighted by Gasteiger charge is 2.29. The number of methoxy groups -OCH3 is 1. The fraction of sp³-hybridized carbons (Fsp3) is 0.312. The highest BCUT2D eigenvalue weighted by molar-refractivity contribution is 6.00. The first-order chi connectivity index (χ1) is 44.2. The monoisotopic (exact) mass is 1270 g/mol. The molecule has 0 saturated heterocycles. The summed E-state index contributed by atoms with van der Waals surface area (Å²) in [5.74, 6) is -0.750. The van der Waals surface area contributed by atoms with Gasteiger partial charge in [-0.25, -0.2) is 39.9 Å². The first-order valence-electron chi connectivity index (χ1n) is 29.7. The number of amides is 4. The first kappa shape index (κ1) is 65.7. The van der Waals surface area contributed by atoms with Crippen molar-refractivity contribution in [3.05, 3.63) is 146 Å². The average molecular weight is 1270 g/mol.